The van der Waals surface area contributed by atoms with Crippen LogP contribution >= 0.6 is 15.9 Å². The molecule has 3 rings (SSSR count). The maximum absolute atomic E-state index is 13.9. The Balaban J connectivity index is 2.08. The number of aryl methyl sites for hydroxylation is 1. The van der Waals surface area contributed by atoms with E-state index >= 15 is 0 Å². The van der Waals surface area contributed by atoms with Gasteiger partial charge in [-0.1, -0.05) is 58.7 Å². The number of nitrogens with one attached hydrogen (secondary N) is 1. The van der Waals surface area contributed by atoms with Gasteiger partial charge in [0.1, 0.15) is 12.6 Å². The molecule has 3 aromatic rings. The van der Waals surface area contributed by atoms with Crippen LogP contribution in [0, 0.1) is 6.92 Å². The van der Waals surface area contributed by atoms with Crippen molar-refractivity contribution in [1.82, 2.24) is 10.2 Å². The van der Waals surface area contributed by atoms with E-state index in [2.05, 4.69) is 21.2 Å². The second-order valence-corrected chi connectivity index (χ2v) is 12.3. The molecule has 7 nitrogen and oxygen atoms in total. The summed E-state index contributed by atoms with van der Waals surface area (Å²) in [5.41, 5.74) is 0.0386. The molecular weight excluding hydrogens is 623 g/mol. The number of hydrogen-bond acceptors (Lipinski definition) is 4. The zero-order chi connectivity index (χ0) is 30.4. The number of amides is 2. The van der Waals surface area contributed by atoms with Gasteiger partial charge in [0.25, 0.3) is 10.0 Å². The monoisotopic (exact) mass is 653 g/mol. The fourth-order valence-corrected chi connectivity index (χ4v) is 5.87. The van der Waals surface area contributed by atoms with Crippen LogP contribution in [-0.4, -0.2) is 44.3 Å². The summed E-state index contributed by atoms with van der Waals surface area (Å²) in [7, 11) is -4.49. The van der Waals surface area contributed by atoms with Gasteiger partial charge in [-0.3, -0.25) is 13.9 Å². The molecule has 0 radical (unpaired) electrons. The molecule has 1 unspecified atom stereocenters. The molecule has 0 fully saturated rings. The van der Waals surface area contributed by atoms with Crippen LogP contribution in [0.1, 0.15) is 37.0 Å². The summed E-state index contributed by atoms with van der Waals surface area (Å²) in [6.45, 7) is 4.65. The summed E-state index contributed by atoms with van der Waals surface area (Å²) < 4.78 is 69.7. The molecule has 0 aliphatic carbocycles. The van der Waals surface area contributed by atoms with E-state index in [1.807, 2.05) is 6.92 Å². The molecule has 0 saturated heterocycles. The number of rotatable bonds is 11. The highest BCUT2D eigenvalue weighted by molar-refractivity contribution is 9.10. The number of benzene rings is 3. The Morgan fingerprint density at radius 1 is 1.00 bits per heavy atom. The van der Waals surface area contributed by atoms with Crippen molar-refractivity contribution in [2.75, 3.05) is 17.4 Å². The Labute approximate surface area is 246 Å². The topological polar surface area (TPSA) is 86.8 Å². The smallest absolute Gasteiger partial charge is 0.354 e. The number of halogens is 4. The third-order valence-electron chi connectivity index (χ3n) is 6.31. The van der Waals surface area contributed by atoms with Crippen LogP contribution in [0.2, 0.25) is 0 Å². The summed E-state index contributed by atoms with van der Waals surface area (Å²) in [4.78, 5) is 27.8. The first-order chi connectivity index (χ1) is 19.2. The summed E-state index contributed by atoms with van der Waals surface area (Å²) in [6.07, 6.45) is -4.08. The molecule has 0 saturated carbocycles. The number of carbonyl (C=O) groups excluding carboxylic acids is 2. The molecule has 0 heterocycles. The summed E-state index contributed by atoms with van der Waals surface area (Å²) in [5.74, 6) is -1.21. The molecule has 0 aromatic heterocycles. The predicted molar refractivity (Wildman–Crippen MR) is 155 cm³/mol. The number of anilines is 1. The van der Waals surface area contributed by atoms with Gasteiger partial charge in [-0.15, -0.1) is 0 Å². The lowest BCUT2D eigenvalue weighted by Gasteiger charge is -2.32. The lowest BCUT2D eigenvalue weighted by molar-refractivity contribution is -0.139. The van der Waals surface area contributed by atoms with Crippen molar-refractivity contribution < 1.29 is 31.2 Å². The van der Waals surface area contributed by atoms with Crippen LogP contribution < -0.4 is 9.62 Å². The largest absolute Gasteiger partial charge is 0.416 e. The molecule has 12 heteroatoms. The SMILES string of the molecule is CCCNC(=O)C(C)N(Cc1cccc(Br)c1)C(=O)CN(c1cccc(C(F)(F)F)c1)S(=O)(=O)c1ccc(C)cc1. The molecule has 1 N–H and O–H groups in total. The van der Waals surface area contributed by atoms with Crippen molar-refractivity contribution in [3.63, 3.8) is 0 Å². The van der Waals surface area contributed by atoms with E-state index in [0.29, 0.717) is 28.9 Å². The first kappa shape index (κ1) is 32.1. The van der Waals surface area contributed by atoms with Crippen molar-refractivity contribution in [2.45, 2.75) is 50.9 Å². The minimum absolute atomic E-state index is 0.0417. The minimum atomic E-state index is -4.74. The number of alkyl halides is 3. The first-order valence-electron chi connectivity index (χ1n) is 12.8. The Kier molecular flexibility index (Phi) is 10.6. The lowest BCUT2D eigenvalue weighted by Crippen LogP contribution is -2.51. The molecule has 41 heavy (non-hydrogen) atoms. The Morgan fingerprint density at radius 3 is 2.27 bits per heavy atom. The van der Waals surface area contributed by atoms with Gasteiger partial charge in [0.2, 0.25) is 11.8 Å². The van der Waals surface area contributed by atoms with Crippen molar-refractivity contribution in [3.05, 3.63) is 94.0 Å². The molecule has 3 aromatic carbocycles. The second kappa shape index (κ2) is 13.5. The fraction of sp³-hybridized carbons (Fsp3) is 0.310. The average molecular weight is 655 g/mol. The van der Waals surface area contributed by atoms with E-state index in [-0.39, 0.29) is 17.1 Å². The highest BCUT2D eigenvalue weighted by atomic mass is 79.9. The molecule has 220 valence electrons. The van der Waals surface area contributed by atoms with Gasteiger partial charge in [0, 0.05) is 17.6 Å². The number of sulfonamides is 1. The van der Waals surface area contributed by atoms with Gasteiger partial charge in [-0.25, -0.2) is 8.42 Å². The van der Waals surface area contributed by atoms with Crippen LogP contribution in [-0.2, 0) is 32.3 Å². The number of hydrogen-bond donors (Lipinski definition) is 1. The fourth-order valence-electron chi connectivity index (χ4n) is 4.01. The molecule has 2 amide bonds. The van der Waals surface area contributed by atoms with E-state index in [1.54, 1.807) is 43.3 Å². The quantitative estimate of drug-likeness (QED) is 0.279. The van der Waals surface area contributed by atoms with Gasteiger partial charge in [-0.2, -0.15) is 13.2 Å². The standard InChI is InChI=1S/C29H31BrF3N3O4S/c1-4-15-34-28(38)21(3)35(18-22-7-5-9-24(30)16-22)27(37)19-36(25-10-6-8-23(17-25)29(31,32)33)41(39,40)26-13-11-20(2)12-14-26/h5-14,16-17,21H,4,15,18-19H2,1-3H3,(H,34,38). The predicted octanol–water partition coefficient (Wildman–Crippen LogP) is 5.92. The van der Waals surface area contributed by atoms with Gasteiger partial charge in [0.05, 0.1) is 16.1 Å². The second-order valence-electron chi connectivity index (χ2n) is 9.49. The summed E-state index contributed by atoms with van der Waals surface area (Å²) in [5, 5.41) is 2.74. The maximum Gasteiger partial charge on any atom is 0.416 e. The van der Waals surface area contributed by atoms with Crippen molar-refractivity contribution in [2.24, 2.45) is 0 Å². The highest BCUT2D eigenvalue weighted by Gasteiger charge is 2.35. The maximum atomic E-state index is 13.9. The van der Waals surface area contributed by atoms with Gasteiger partial charge in [-0.05, 0) is 68.3 Å². The van der Waals surface area contributed by atoms with E-state index in [4.69, 9.17) is 0 Å². The molecule has 0 spiro atoms. The zero-order valence-corrected chi connectivity index (χ0v) is 25.2. The highest BCUT2D eigenvalue weighted by Crippen LogP contribution is 2.33. The third-order valence-corrected chi connectivity index (χ3v) is 8.59. The van der Waals surface area contributed by atoms with Gasteiger partial charge < -0.3 is 10.2 Å². The number of nitrogens with zero attached hydrogens (tertiary/aromatic N) is 2. The summed E-state index contributed by atoms with van der Waals surface area (Å²) in [6, 6.07) is 15.6. The van der Waals surface area contributed by atoms with E-state index < -0.39 is 46.2 Å². The minimum Gasteiger partial charge on any atom is -0.354 e. The van der Waals surface area contributed by atoms with Crippen LogP contribution in [0.3, 0.4) is 0 Å². The summed E-state index contributed by atoms with van der Waals surface area (Å²) >= 11 is 3.38. The molecule has 1 atom stereocenters. The van der Waals surface area contributed by atoms with Crippen LogP contribution in [0.25, 0.3) is 0 Å². The number of carbonyl (C=O) groups is 2. The Bertz CT molecular complexity index is 1480. The van der Waals surface area contributed by atoms with Crippen molar-refractivity contribution >= 4 is 43.5 Å². The van der Waals surface area contributed by atoms with Gasteiger partial charge >= 0.3 is 6.18 Å². The van der Waals surface area contributed by atoms with Crippen molar-refractivity contribution in [1.29, 1.82) is 0 Å². The zero-order valence-electron chi connectivity index (χ0n) is 22.8. The van der Waals surface area contributed by atoms with E-state index in [0.717, 1.165) is 22.2 Å². The van der Waals surface area contributed by atoms with Gasteiger partial charge in [0.15, 0.2) is 0 Å². The van der Waals surface area contributed by atoms with E-state index in [9.17, 15) is 31.2 Å². The Hall–Kier alpha value is -3.38. The molecule has 0 aliphatic rings. The first-order valence-corrected chi connectivity index (χ1v) is 15.1. The van der Waals surface area contributed by atoms with Crippen molar-refractivity contribution in [3.8, 4) is 0 Å². The normalized spacial score (nSPS) is 12.5. The Morgan fingerprint density at radius 2 is 1.66 bits per heavy atom. The van der Waals surface area contributed by atoms with Crippen LogP contribution in [0.4, 0.5) is 18.9 Å². The molecule has 0 aliphatic heterocycles. The average Bonchev–Trinajstić information content (AvgIpc) is 2.92. The lowest BCUT2D eigenvalue weighted by atomic mass is 10.1. The molecule has 0 bridgehead atoms. The molecular formula is C29H31BrF3N3O4S. The van der Waals surface area contributed by atoms with Crippen LogP contribution in [0.5, 0.6) is 0 Å². The van der Waals surface area contributed by atoms with Crippen LogP contribution in [0.15, 0.2) is 82.2 Å². The third kappa shape index (κ3) is 8.32. The van der Waals surface area contributed by atoms with E-state index in [1.165, 1.54) is 30.0 Å².